The van der Waals surface area contributed by atoms with Crippen molar-refractivity contribution < 1.29 is 24.1 Å². The number of aromatic nitrogens is 5. The van der Waals surface area contributed by atoms with E-state index in [4.69, 9.17) is 9.72 Å². The second kappa shape index (κ2) is 9.79. The van der Waals surface area contributed by atoms with Crippen LogP contribution in [0, 0.1) is 10.7 Å². The summed E-state index contributed by atoms with van der Waals surface area (Å²) in [5.74, 6) is 2.45. The summed E-state index contributed by atoms with van der Waals surface area (Å²) in [5.41, 5.74) is 7.82. The summed E-state index contributed by atoms with van der Waals surface area (Å²) in [6.07, 6.45) is 4.61. The molecule has 200 valence electrons. The van der Waals surface area contributed by atoms with E-state index in [1.54, 1.807) is 0 Å². The molecule has 0 aliphatic carbocycles. The van der Waals surface area contributed by atoms with Crippen LogP contribution >= 0.6 is 0 Å². The van der Waals surface area contributed by atoms with E-state index in [1.807, 2.05) is 36.7 Å². The smallest absolute Gasteiger partial charge is 0.192 e. The minimum absolute atomic E-state index is 0.00952. The van der Waals surface area contributed by atoms with Crippen LogP contribution in [-0.2, 0) is 26.4 Å². The van der Waals surface area contributed by atoms with Gasteiger partial charge in [0.2, 0.25) is 0 Å². The number of ether oxygens (including phenoxy) is 1. The van der Waals surface area contributed by atoms with Crippen LogP contribution in [0.15, 0.2) is 97.3 Å². The van der Waals surface area contributed by atoms with Gasteiger partial charge in [-0.05, 0) is 18.6 Å². The molecule has 0 bridgehead atoms. The van der Waals surface area contributed by atoms with Gasteiger partial charge in [-0.15, -0.1) is 0 Å². The third-order valence-electron chi connectivity index (χ3n) is 7.49. The SMILES string of the molecule is CCB1N(c2cc(C)ccn2)c2cc(Oc3cccc(-n4[c](=[Pt])n(C)c5ccccc54)c3)ccc2-c2ccnn21. The number of para-hydroxylation sites is 2. The summed E-state index contributed by atoms with van der Waals surface area (Å²) in [4.78, 5) is 7.03. The Morgan fingerprint density at radius 3 is 2.52 bits per heavy atom. The van der Waals surface area contributed by atoms with Crippen LogP contribution in [0.3, 0.4) is 0 Å². The molecule has 3 aromatic carbocycles. The number of rotatable bonds is 5. The third-order valence-corrected chi connectivity index (χ3v) is 8.76. The van der Waals surface area contributed by atoms with Crippen LogP contribution in [-0.4, -0.2) is 30.8 Å². The first-order valence-corrected chi connectivity index (χ1v) is 14.5. The number of pyridine rings is 1. The molecule has 7 nitrogen and oxygen atoms in total. The van der Waals surface area contributed by atoms with Crippen molar-refractivity contribution >= 4 is 29.5 Å². The Hall–Kier alpha value is -4.16. The molecule has 0 unspecified atom stereocenters. The van der Waals surface area contributed by atoms with E-state index in [1.165, 1.54) is 5.52 Å². The first-order valence-electron chi connectivity index (χ1n) is 13.3. The van der Waals surface area contributed by atoms with E-state index in [0.29, 0.717) is 0 Å². The van der Waals surface area contributed by atoms with Crippen molar-refractivity contribution in [1.29, 1.82) is 0 Å². The summed E-state index contributed by atoms with van der Waals surface area (Å²) in [6, 6.07) is 29.2. The molecule has 0 N–H and O–H groups in total. The van der Waals surface area contributed by atoms with E-state index in [-0.39, 0.29) is 6.98 Å². The molecule has 0 spiro atoms. The summed E-state index contributed by atoms with van der Waals surface area (Å²) in [6.45, 7) is 4.29. The van der Waals surface area contributed by atoms with Crippen molar-refractivity contribution in [1.82, 2.24) is 23.8 Å². The van der Waals surface area contributed by atoms with Crippen molar-refractivity contribution in [3.63, 3.8) is 0 Å². The van der Waals surface area contributed by atoms with Gasteiger partial charge in [0, 0.05) is 12.4 Å². The van der Waals surface area contributed by atoms with Gasteiger partial charge < -0.3 is 0 Å². The molecule has 3 aromatic heterocycles. The number of hydrogen-bond acceptors (Lipinski definition) is 4. The third kappa shape index (κ3) is 3.97. The molecule has 0 saturated carbocycles. The van der Waals surface area contributed by atoms with Gasteiger partial charge in [-0.25, -0.2) is 0 Å². The monoisotopic (exact) mass is 705 g/mol. The van der Waals surface area contributed by atoms with E-state index >= 15 is 0 Å². The molecule has 0 saturated heterocycles. The summed E-state index contributed by atoms with van der Waals surface area (Å²) in [5, 5.41) is 4.68. The van der Waals surface area contributed by atoms with Gasteiger partial charge in [0.05, 0.1) is 0 Å². The number of fused-ring (bicyclic) bond motifs is 4. The molecule has 0 atom stereocenters. The Bertz CT molecular complexity index is 1960. The number of aryl methyl sites for hydroxylation is 2. The minimum atomic E-state index is 0.00952. The molecule has 4 heterocycles. The Balaban J connectivity index is 1.31. The van der Waals surface area contributed by atoms with Crippen molar-refractivity contribution in [3.05, 3.63) is 107 Å². The normalized spacial score (nSPS) is 12.5. The van der Waals surface area contributed by atoms with Gasteiger partial charge in [0.1, 0.15) is 0 Å². The zero-order valence-corrected chi connectivity index (χ0v) is 24.7. The fourth-order valence-corrected chi connectivity index (χ4v) is 6.48. The van der Waals surface area contributed by atoms with Crippen LogP contribution in [0.5, 0.6) is 11.5 Å². The number of nitrogens with zero attached hydrogens (tertiary/aromatic N) is 6. The number of imidazole rings is 1. The van der Waals surface area contributed by atoms with Crippen molar-refractivity contribution in [3.8, 4) is 28.4 Å². The average Bonchev–Trinajstić information content (AvgIpc) is 3.55. The van der Waals surface area contributed by atoms with E-state index < -0.39 is 0 Å². The molecule has 9 heteroatoms. The number of anilines is 2. The molecule has 40 heavy (non-hydrogen) atoms. The van der Waals surface area contributed by atoms with Crippen molar-refractivity contribution in [2.75, 3.05) is 4.81 Å². The Morgan fingerprint density at radius 2 is 1.70 bits per heavy atom. The van der Waals surface area contributed by atoms with E-state index in [9.17, 15) is 0 Å². The Kier molecular flexibility index (Phi) is 6.08. The summed E-state index contributed by atoms with van der Waals surface area (Å²) >= 11 is 2.38. The molecule has 0 fully saturated rings. The quantitative estimate of drug-likeness (QED) is 0.183. The molecule has 6 aromatic rings. The molecule has 0 amide bonds. The zero-order chi connectivity index (χ0) is 27.4. The predicted octanol–water partition coefficient (Wildman–Crippen LogP) is 6.91. The maximum absolute atomic E-state index is 6.52. The van der Waals surface area contributed by atoms with Crippen LogP contribution in [0.4, 0.5) is 11.5 Å². The fraction of sp³-hybridized carbons (Fsp3) is 0.129. The zero-order valence-electron chi connectivity index (χ0n) is 22.4. The van der Waals surface area contributed by atoms with E-state index in [0.717, 1.165) is 61.2 Å². The topological polar surface area (TPSA) is 53.0 Å². The first kappa shape index (κ1) is 24.9. The van der Waals surface area contributed by atoms with Crippen LogP contribution in [0.25, 0.3) is 28.0 Å². The molecule has 0 radical (unpaired) electrons. The average molecular weight is 705 g/mol. The van der Waals surface area contributed by atoms with Crippen LogP contribution in [0.2, 0.25) is 6.32 Å². The first-order chi connectivity index (χ1) is 19.5. The minimum Gasteiger partial charge on any atom is -0.192 e. The number of hydrogen-bond donors (Lipinski definition) is 0. The van der Waals surface area contributed by atoms with Crippen LogP contribution in [0.1, 0.15) is 12.5 Å². The van der Waals surface area contributed by atoms with Gasteiger partial charge in [0.15, 0.2) is 0 Å². The maximum atomic E-state index is 6.52. The van der Waals surface area contributed by atoms with Gasteiger partial charge >= 0.3 is 202 Å². The summed E-state index contributed by atoms with van der Waals surface area (Å²) < 4.78 is 14.2. The predicted molar refractivity (Wildman–Crippen MR) is 156 cm³/mol. The van der Waals surface area contributed by atoms with Gasteiger partial charge in [0.25, 0.3) is 0 Å². The molecule has 1 aliphatic heterocycles. The van der Waals surface area contributed by atoms with Crippen molar-refractivity contribution in [2.45, 2.75) is 20.2 Å². The van der Waals surface area contributed by atoms with Crippen molar-refractivity contribution in [2.24, 2.45) is 7.05 Å². The molecular formula is C31H27BN6OPt. The second-order valence-electron chi connectivity index (χ2n) is 10.0. The Morgan fingerprint density at radius 1 is 0.875 bits per heavy atom. The molecule has 1 aliphatic rings. The van der Waals surface area contributed by atoms with Crippen LogP contribution < -0.4 is 9.55 Å². The summed E-state index contributed by atoms with van der Waals surface area (Å²) in [7, 11) is 2.10. The van der Waals surface area contributed by atoms with Gasteiger partial charge in [-0.3, -0.25) is 0 Å². The van der Waals surface area contributed by atoms with Gasteiger partial charge in [-0.1, -0.05) is 6.92 Å². The molecular weight excluding hydrogens is 678 g/mol. The van der Waals surface area contributed by atoms with Gasteiger partial charge in [-0.2, -0.15) is 5.10 Å². The second-order valence-corrected chi connectivity index (χ2v) is 11.0. The van der Waals surface area contributed by atoms with E-state index in [2.05, 4.69) is 125 Å². The standard InChI is InChI=1S/C31H27BN6O.Pt/c1-4-32-37(31-18-22(2)14-16-33-31)30-20-25(12-13-26(30)27-15-17-34-38(27)32)39-24-9-7-8-23(19-24)36-21-35(3)28-10-5-6-11-29(28)36;/h5-20H,4H2,1-3H3;. The number of benzene rings is 3. The molecule has 7 rings (SSSR count). The Labute approximate surface area is 243 Å². The fourth-order valence-electron chi connectivity index (χ4n) is 5.64.